The van der Waals surface area contributed by atoms with Gasteiger partial charge in [-0.1, -0.05) is 0 Å². The molecule has 23 heavy (non-hydrogen) atoms. The van der Waals surface area contributed by atoms with Gasteiger partial charge in [0.2, 0.25) is 0 Å². The molecule has 1 aliphatic heterocycles. The summed E-state index contributed by atoms with van der Waals surface area (Å²) in [7, 11) is 0. The number of anilines is 2. The molecule has 1 saturated heterocycles. The molecule has 0 bridgehead atoms. The van der Waals surface area contributed by atoms with E-state index in [9.17, 15) is 4.79 Å². The van der Waals surface area contributed by atoms with Crippen LogP contribution in [0.15, 0.2) is 34.8 Å². The summed E-state index contributed by atoms with van der Waals surface area (Å²) in [6, 6.07) is 3.48. The van der Waals surface area contributed by atoms with E-state index in [0.29, 0.717) is 5.69 Å². The van der Waals surface area contributed by atoms with Gasteiger partial charge in [0.25, 0.3) is 5.91 Å². The van der Waals surface area contributed by atoms with Gasteiger partial charge in [-0.25, -0.2) is 0 Å². The lowest BCUT2D eigenvalue weighted by Crippen LogP contribution is -2.31. The first-order valence-corrected chi connectivity index (χ1v) is 7.36. The number of hydrogen-bond donors (Lipinski definition) is 2. The maximum absolute atomic E-state index is 12.3. The Kier molecular flexibility index (Phi) is 4.29. The monoisotopic (exact) mass is 314 g/mol. The highest BCUT2D eigenvalue weighted by molar-refractivity contribution is 5.87. The van der Waals surface area contributed by atoms with Gasteiger partial charge in [-0.15, -0.1) is 15.3 Å². The molecule has 2 aromatic rings. The molecule has 0 aliphatic carbocycles. The van der Waals surface area contributed by atoms with E-state index in [1.54, 1.807) is 24.5 Å². The Hall–Kier alpha value is -2.81. The molecule has 1 aliphatic rings. The van der Waals surface area contributed by atoms with Gasteiger partial charge >= 0.3 is 0 Å². The number of rotatable bonds is 4. The molecule has 0 aromatic carbocycles. The zero-order valence-electron chi connectivity index (χ0n) is 12.6. The van der Waals surface area contributed by atoms with Crippen LogP contribution in [-0.2, 0) is 0 Å². The highest BCUT2D eigenvalue weighted by Gasteiger charge is 2.21. The van der Waals surface area contributed by atoms with Gasteiger partial charge in [0.1, 0.15) is 5.69 Å². The number of nitrogen functional groups attached to an aromatic ring is 2. The number of nitrogens with two attached hydrogens (primary N) is 2. The molecule has 0 atom stereocenters. The minimum absolute atomic E-state index is 0.0740. The summed E-state index contributed by atoms with van der Waals surface area (Å²) < 4.78 is 1.10. The smallest absolute Gasteiger partial charge is 0.263 e. The maximum Gasteiger partial charge on any atom is 0.263 e. The molecule has 1 fully saturated rings. The van der Waals surface area contributed by atoms with E-state index in [-0.39, 0.29) is 29.8 Å². The molecule has 0 unspecified atom stereocenters. The average Bonchev–Trinajstić information content (AvgIpc) is 3.15. The van der Waals surface area contributed by atoms with Gasteiger partial charge in [-0.3, -0.25) is 14.7 Å². The zero-order valence-corrected chi connectivity index (χ0v) is 12.6. The van der Waals surface area contributed by atoms with Crippen molar-refractivity contribution in [2.24, 2.45) is 10.2 Å². The quantitative estimate of drug-likeness (QED) is 0.825. The number of hydrogen-bond acceptors (Lipinski definition) is 8. The molecule has 9 heteroatoms. The van der Waals surface area contributed by atoms with E-state index in [1.807, 2.05) is 0 Å². The van der Waals surface area contributed by atoms with Gasteiger partial charge in [0, 0.05) is 6.20 Å². The predicted octanol–water partition coefficient (Wildman–Crippen LogP) is 1.59. The normalized spacial score (nSPS) is 15.5. The number of carbonyl (C=O) groups excluding carboxylic acids is 1. The molecule has 0 radical (unpaired) electrons. The van der Waals surface area contributed by atoms with Crippen molar-refractivity contribution in [2.45, 2.75) is 12.8 Å². The summed E-state index contributed by atoms with van der Waals surface area (Å²) in [4.78, 5) is 18.3. The van der Waals surface area contributed by atoms with Crippen molar-refractivity contribution in [1.82, 2.24) is 19.7 Å². The maximum atomic E-state index is 12.3. The molecular weight excluding hydrogens is 296 g/mol. The van der Waals surface area contributed by atoms with E-state index in [2.05, 4.69) is 25.2 Å². The van der Waals surface area contributed by atoms with E-state index in [1.165, 1.54) is 0 Å². The van der Waals surface area contributed by atoms with Crippen molar-refractivity contribution in [3.8, 4) is 0 Å². The van der Waals surface area contributed by atoms with Crippen molar-refractivity contribution in [3.05, 3.63) is 24.5 Å². The van der Waals surface area contributed by atoms with Crippen LogP contribution in [0.5, 0.6) is 0 Å². The van der Waals surface area contributed by atoms with Crippen molar-refractivity contribution < 1.29 is 4.79 Å². The SMILES string of the molecule is Nc1nn(C(=O)CN2CCCC2)c(N)c1N=Nc1cccnc1. The Morgan fingerprint density at radius 1 is 1.26 bits per heavy atom. The van der Waals surface area contributed by atoms with Gasteiger partial charge in [0.15, 0.2) is 17.3 Å². The van der Waals surface area contributed by atoms with Gasteiger partial charge < -0.3 is 11.5 Å². The predicted molar refractivity (Wildman–Crippen MR) is 85.8 cm³/mol. The van der Waals surface area contributed by atoms with E-state index in [4.69, 9.17) is 11.5 Å². The van der Waals surface area contributed by atoms with E-state index >= 15 is 0 Å². The molecule has 4 N–H and O–H groups in total. The highest BCUT2D eigenvalue weighted by atomic mass is 16.2. The van der Waals surface area contributed by atoms with E-state index < -0.39 is 0 Å². The second-order valence-corrected chi connectivity index (χ2v) is 5.32. The summed E-state index contributed by atoms with van der Waals surface area (Å²) in [6.07, 6.45) is 5.40. The second kappa shape index (κ2) is 6.53. The van der Waals surface area contributed by atoms with Crippen LogP contribution in [0.25, 0.3) is 0 Å². The van der Waals surface area contributed by atoms with Crippen LogP contribution in [0.1, 0.15) is 17.6 Å². The first kappa shape index (κ1) is 15.1. The fraction of sp³-hybridized carbons (Fsp3) is 0.357. The summed E-state index contributed by atoms with van der Waals surface area (Å²) in [5.41, 5.74) is 12.5. The van der Waals surface area contributed by atoms with Gasteiger partial charge in [-0.2, -0.15) is 4.68 Å². The molecule has 2 aromatic heterocycles. The number of nitrogens with zero attached hydrogens (tertiary/aromatic N) is 6. The van der Waals surface area contributed by atoms with Crippen molar-refractivity contribution >= 4 is 28.9 Å². The molecule has 0 saturated carbocycles. The zero-order chi connectivity index (χ0) is 16.2. The second-order valence-electron chi connectivity index (χ2n) is 5.32. The first-order valence-electron chi connectivity index (χ1n) is 7.36. The molecule has 3 rings (SSSR count). The summed E-state index contributed by atoms with van der Waals surface area (Å²) >= 11 is 0. The largest absolute Gasteiger partial charge is 0.382 e. The highest BCUT2D eigenvalue weighted by Crippen LogP contribution is 2.30. The minimum atomic E-state index is -0.223. The van der Waals surface area contributed by atoms with Gasteiger partial charge in [-0.05, 0) is 38.1 Å². The minimum Gasteiger partial charge on any atom is -0.382 e. The van der Waals surface area contributed by atoms with Crippen molar-refractivity contribution in [1.29, 1.82) is 0 Å². The molecule has 0 amide bonds. The van der Waals surface area contributed by atoms with Crippen molar-refractivity contribution in [2.75, 3.05) is 31.1 Å². The molecular formula is C14H18N8O. The Labute approximate surface area is 133 Å². The number of carbonyl (C=O) groups is 1. The standard InChI is InChI=1S/C14H18N8O/c15-13-12(19-18-10-4-3-5-17-8-10)14(16)22(20-13)11(23)9-21-6-1-2-7-21/h3-5,8H,1-2,6-7,9,16H2,(H2,15,20). The Bertz CT molecular complexity index is 718. The number of aromatic nitrogens is 3. The summed E-state index contributed by atoms with van der Waals surface area (Å²) in [5, 5.41) is 12.0. The van der Waals surface area contributed by atoms with Crippen LogP contribution in [0.2, 0.25) is 0 Å². The first-order chi connectivity index (χ1) is 11.1. The topological polar surface area (TPSA) is 128 Å². The third-order valence-electron chi connectivity index (χ3n) is 3.63. The molecule has 0 spiro atoms. The van der Waals surface area contributed by atoms with Crippen LogP contribution < -0.4 is 11.5 Å². The van der Waals surface area contributed by atoms with Crippen LogP contribution in [0.4, 0.5) is 23.0 Å². The van der Waals surface area contributed by atoms with Crippen LogP contribution in [0.3, 0.4) is 0 Å². The van der Waals surface area contributed by atoms with Crippen molar-refractivity contribution in [3.63, 3.8) is 0 Å². The summed E-state index contributed by atoms with van der Waals surface area (Å²) in [6.45, 7) is 2.09. The third-order valence-corrected chi connectivity index (χ3v) is 3.63. The fourth-order valence-electron chi connectivity index (χ4n) is 2.45. The third kappa shape index (κ3) is 3.34. The lowest BCUT2D eigenvalue weighted by Gasteiger charge is -2.13. The Morgan fingerprint density at radius 3 is 2.74 bits per heavy atom. The number of likely N-dealkylation sites (tertiary alicyclic amines) is 1. The molecule has 3 heterocycles. The van der Waals surface area contributed by atoms with Crippen LogP contribution in [-0.4, -0.2) is 45.2 Å². The number of azo groups is 1. The lowest BCUT2D eigenvalue weighted by atomic mass is 10.4. The summed E-state index contributed by atoms with van der Waals surface area (Å²) in [5.74, 6) is -0.0526. The van der Waals surface area contributed by atoms with Crippen LogP contribution >= 0.6 is 0 Å². The molecule has 120 valence electrons. The fourth-order valence-corrected chi connectivity index (χ4v) is 2.45. The van der Waals surface area contributed by atoms with Gasteiger partial charge in [0.05, 0.1) is 12.7 Å². The Balaban J connectivity index is 1.78. The average molecular weight is 314 g/mol. The number of pyridine rings is 1. The molecule has 9 nitrogen and oxygen atoms in total. The Morgan fingerprint density at radius 2 is 2.04 bits per heavy atom. The van der Waals surface area contributed by atoms with Crippen LogP contribution in [0, 0.1) is 0 Å². The lowest BCUT2D eigenvalue weighted by molar-refractivity contribution is 0.0850. The van der Waals surface area contributed by atoms with E-state index in [0.717, 1.165) is 30.6 Å².